The van der Waals surface area contributed by atoms with Gasteiger partial charge in [0.1, 0.15) is 0 Å². The number of rotatable bonds is 5. The Labute approximate surface area is 111 Å². The van der Waals surface area contributed by atoms with Crippen molar-refractivity contribution < 1.29 is 4.79 Å². The van der Waals surface area contributed by atoms with E-state index in [0.29, 0.717) is 23.9 Å². The minimum absolute atomic E-state index is 0.251. The summed E-state index contributed by atoms with van der Waals surface area (Å²) in [5.74, 6) is 1.31. The Balaban J connectivity index is 1.79. The van der Waals surface area contributed by atoms with Gasteiger partial charge in [-0.15, -0.1) is 0 Å². The molecule has 2 rings (SSSR count). The van der Waals surface area contributed by atoms with Crippen molar-refractivity contribution in [3.63, 3.8) is 0 Å². The predicted molar refractivity (Wildman–Crippen MR) is 74.4 cm³/mol. The summed E-state index contributed by atoms with van der Waals surface area (Å²) in [6, 6.07) is 1.16. The highest BCUT2D eigenvalue weighted by atomic mass is 16.2. The molecule has 2 saturated carbocycles. The van der Waals surface area contributed by atoms with Gasteiger partial charge < -0.3 is 10.2 Å². The van der Waals surface area contributed by atoms with Crippen molar-refractivity contribution in [2.75, 3.05) is 13.6 Å². The minimum atomic E-state index is 0.251. The maximum absolute atomic E-state index is 12.3. The van der Waals surface area contributed by atoms with Gasteiger partial charge in [0.05, 0.1) is 0 Å². The number of carbonyl (C=O) groups is 1. The van der Waals surface area contributed by atoms with Gasteiger partial charge in [0.15, 0.2) is 0 Å². The van der Waals surface area contributed by atoms with Gasteiger partial charge in [0, 0.05) is 25.0 Å². The number of nitrogens with zero attached hydrogens (tertiary/aromatic N) is 1. The molecule has 0 saturated heterocycles. The molecule has 1 amide bonds. The molecule has 0 aromatic carbocycles. The molecule has 0 spiro atoms. The van der Waals surface area contributed by atoms with Crippen LogP contribution in [0.1, 0.15) is 52.4 Å². The lowest BCUT2D eigenvalue weighted by atomic mass is 9.89. The van der Waals surface area contributed by atoms with Gasteiger partial charge in [-0.1, -0.05) is 13.8 Å². The molecule has 0 bridgehead atoms. The summed E-state index contributed by atoms with van der Waals surface area (Å²) in [5.41, 5.74) is 0. The second-order valence-corrected chi connectivity index (χ2v) is 6.14. The average molecular weight is 252 g/mol. The van der Waals surface area contributed by atoms with Crippen molar-refractivity contribution in [3.8, 4) is 0 Å². The molecule has 104 valence electrons. The first-order chi connectivity index (χ1) is 8.63. The first-order valence-electron chi connectivity index (χ1n) is 7.63. The smallest absolute Gasteiger partial charge is 0.225 e. The van der Waals surface area contributed by atoms with E-state index in [4.69, 9.17) is 0 Å². The van der Waals surface area contributed by atoms with Crippen LogP contribution in [0.15, 0.2) is 0 Å². The van der Waals surface area contributed by atoms with Crippen LogP contribution in [0.5, 0.6) is 0 Å². The van der Waals surface area contributed by atoms with E-state index in [0.717, 1.165) is 19.4 Å². The van der Waals surface area contributed by atoms with Crippen molar-refractivity contribution in [2.45, 2.75) is 64.5 Å². The van der Waals surface area contributed by atoms with Gasteiger partial charge >= 0.3 is 0 Å². The van der Waals surface area contributed by atoms with E-state index in [2.05, 4.69) is 19.2 Å². The third-order valence-electron chi connectivity index (χ3n) is 4.80. The molecule has 3 heteroatoms. The molecule has 1 N–H and O–H groups in total. The van der Waals surface area contributed by atoms with Crippen LogP contribution in [-0.2, 0) is 4.79 Å². The molecule has 2 aliphatic carbocycles. The molecule has 3 nitrogen and oxygen atoms in total. The normalized spacial score (nSPS) is 29.9. The van der Waals surface area contributed by atoms with Crippen LogP contribution in [0.4, 0.5) is 0 Å². The van der Waals surface area contributed by atoms with Gasteiger partial charge in [-0.05, 0) is 51.0 Å². The predicted octanol–water partition coefficient (Wildman–Crippen LogP) is 2.41. The Morgan fingerprint density at radius 1 is 1.22 bits per heavy atom. The van der Waals surface area contributed by atoms with Crippen molar-refractivity contribution in [2.24, 2.45) is 11.8 Å². The molecule has 0 aliphatic heterocycles. The third kappa shape index (κ3) is 3.25. The fourth-order valence-electron chi connectivity index (χ4n) is 3.25. The highest BCUT2D eigenvalue weighted by Gasteiger charge is 2.36. The van der Waals surface area contributed by atoms with Crippen molar-refractivity contribution in [3.05, 3.63) is 0 Å². The molecule has 2 aliphatic rings. The van der Waals surface area contributed by atoms with E-state index in [1.54, 1.807) is 0 Å². The van der Waals surface area contributed by atoms with Gasteiger partial charge in [0.25, 0.3) is 0 Å². The second kappa shape index (κ2) is 6.05. The summed E-state index contributed by atoms with van der Waals surface area (Å²) in [7, 11) is 2.01. The summed E-state index contributed by atoms with van der Waals surface area (Å²) in [6.07, 6.45) is 7.28. The molecule has 0 radical (unpaired) electrons. The van der Waals surface area contributed by atoms with E-state index in [9.17, 15) is 4.79 Å². The summed E-state index contributed by atoms with van der Waals surface area (Å²) in [4.78, 5) is 14.4. The van der Waals surface area contributed by atoms with Gasteiger partial charge in [-0.3, -0.25) is 4.79 Å². The van der Waals surface area contributed by atoms with Crippen molar-refractivity contribution in [1.82, 2.24) is 10.2 Å². The molecule has 0 aromatic rings. The van der Waals surface area contributed by atoms with E-state index in [-0.39, 0.29) is 5.92 Å². The SMILES string of the molecule is CCNC1CCC(N(C)C(=O)C(C)C2CC2)CC1. The lowest BCUT2D eigenvalue weighted by Crippen LogP contribution is -2.45. The second-order valence-electron chi connectivity index (χ2n) is 6.14. The monoisotopic (exact) mass is 252 g/mol. The lowest BCUT2D eigenvalue weighted by molar-refractivity contribution is -0.137. The quantitative estimate of drug-likeness (QED) is 0.815. The molecular weight excluding hydrogens is 224 g/mol. The first kappa shape index (κ1) is 13.9. The summed E-state index contributed by atoms with van der Waals surface area (Å²) in [6.45, 7) is 5.34. The summed E-state index contributed by atoms with van der Waals surface area (Å²) < 4.78 is 0. The van der Waals surface area contributed by atoms with Crippen LogP contribution in [0, 0.1) is 11.8 Å². The van der Waals surface area contributed by atoms with E-state index in [1.807, 2.05) is 11.9 Å². The Morgan fingerprint density at radius 3 is 2.33 bits per heavy atom. The lowest BCUT2D eigenvalue weighted by Gasteiger charge is -2.36. The Morgan fingerprint density at radius 2 is 1.83 bits per heavy atom. The zero-order valence-corrected chi connectivity index (χ0v) is 12.1. The minimum Gasteiger partial charge on any atom is -0.343 e. The van der Waals surface area contributed by atoms with Gasteiger partial charge in [0.2, 0.25) is 5.91 Å². The van der Waals surface area contributed by atoms with Crippen LogP contribution in [-0.4, -0.2) is 36.5 Å². The Kier molecular flexibility index (Phi) is 4.66. The standard InChI is InChI=1S/C15H28N2O/c1-4-16-13-7-9-14(10-8-13)17(3)15(18)11(2)12-5-6-12/h11-14,16H,4-10H2,1-3H3. The van der Waals surface area contributed by atoms with Crippen LogP contribution >= 0.6 is 0 Å². The Hall–Kier alpha value is -0.570. The largest absolute Gasteiger partial charge is 0.343 e. The fourth-order valence-corrected chi connectivity index (χ4v) is 3.25. The van der Waals surface area contributed by atoms with Crippen molar-refractivity contribution in [1.29, 1.82) is 0 Å². The zero-order valence-electron chi connectivity index (χ0n) is 12.1. The zero-order chi connectivity index (χ0) is 13.1. The number of hydrogen-bond acceptors (Lipinski definition) is 2. The summed E-state index contributed by atoms with van der Waals surface area (Å²) in [5, 5.41) is 3.52. The molecule has 0 aromatic heterocycles. The van der Waals surface area contributed by atoms with Gasteiger partial charge in [-0.2, -0.15) is 0 Å². The van der Waals surface area contributed by atoms with Crippen LogP contribution in [0.25, 0.3) is 0 Å². The molecule has 2 fully saturated rings. The van der Waals surface area contributed by atoms with Gasteiger partial charge in [-0.25, -0.2) is 0 Å². The molecule has 18 heavy (non-hydrogen) atoms. The van der Waals surface area contributed by atoms with Crippen LogP contribution in [0.3, 0.4) is 0 Å². The van der Waals surface area contributed by atoms with Crippen LogP contribution < -0.4 is 5.32 Å². The first-order valence-corrected chi connectivity index (χ1v) is 7.63. The highest BCUT2D eigenvalue weighted by Crippen LogP contribution is 2.38. The number of nitrogens with one attached hydrogen (secondary N) is 1. The molecule has 1 unspecified atom stereocenters. The molecular formula is C15H28N2O. The number of hydrogen-bond donors (Lipinski definition) is 1. The van der Waals surface area contributed by atoms with E-state index >= 15 is 0 Å². The number of amides is 1. The number of carbonyl (C=O) groups excluding carboxylic acids is 1. The van der Waals surface area contributed by atoms with Crippen LogP contribution in [0.2, 0.25) is 0 Å². The third-order valence-corrected chi connectivity index (χ3v) is 4.80. The Bertz CT molecular complexity index is 280. The maximum atomic E-state index is 12.3. The fraction of sp³-hybridized carbons (Fsp3) is 0.933. The van der Waals surface area contributed by atoms with E-state index < -0.39 is 0 Å². The topological polar surface area (TPSA) is 32.3 Å². The molecule has 1 atom stereocenters. The van der Waals surface area contributed by atoms with E-state index in [1.165, 1.54) is 25.7 Å². The average Bonchev–Trinajstić information content (AvgIpc) is 3.22. The maximum Gasteiger partial charge on any atom is 0.225 e. The highest BCUT2D eigenvalue weighted by molar-refractivity contribution is 5.79. The summed E-state index contributed by atoms with van der Waals surface area (Å²) >= 11 is 0. The molecule has 0 heterocycles. The van der Waals surface area contributed by atoms with Crippen molar-refractivity contribution >= 4 is 5.91 Å².